The lowest BCUT2D eigenvalue weighted by Crippen LogP contribution is -2.35. The molecule has 138 valence electrons. The van der Waals surface area contributed by atoms with E-state index in [1.165, 1.54) is 83.5 Å². The quantitative estimate of drug-likeness (QED) is 0.410. The normalized spacial score (nSPS) is 25.4. The molecule has 0 heterocycles. The van der Waals surface area contributed by atoms with E-state index in [2.05, 4.69) is 27.7 Å². The molecule has 1 N–H and O–H groups in total. The van der Waals surface area contributed by atoms with Crippen LogP contribution >= 0.6 is 0 Å². The first kappa shape index (κ1) is 21.0. The van der Waals surface area contributed by atoms with Gasteiger partial charge in [-0.1, -0.05) is 85.5 Å². The summed E-state index contributed by atoms with van der Waals surface area (Å²) in [5.74, 6) is 2.85. The SMILES string of the molecule is CCCC[C@@H](CC)C[C@@H]1CCC[C@@H](C[C@H](CC)CCCC)C1O. The molecule has 4 atom stereocenters. The Balaban J connectivity index is 2.50. The molecule has 0 saturated heterocycles. The topological polar surface area (TPSA) is 20.2 Å². The minimum Gasteiger partial charge on any atom is -0.393 e. The van der Waals surface area contributed by atoms with Gasteiger partial charge >= 0.3 is 0 Å². The molecular weight excluding hydrogens is 280 g/mol. The zero-order chi connectivity index (χ0) is 17.1. The lowest BCUT2D eigenvalue weighted by atomic mass is 9.71. The molecule has 0 amide bonds. The van der Waals surface area contributed by atoms with Gasteiger partial charge in [0.15, 0.2) is 0 Å². The van der Waals surface area contributed by atoms with Crippen molar-refractivity contribution in [3.8, 4) is 0 Å². The summed E-state index contributed by atoms with van der Waals surface area (Å²) >= 11 is 0. The van der Waals surface area contributed by atoms with Crippen LogP contribution in [0.25, 0.3) is 0 Å². The van der Waals surface area contributed by atoms with Gasteiger partial charge in [-0.05, 0) is 49.4 Å². The first-order chi connectivity index (χ1) is 11.2. The molecule has 0 radical (unpaired) electrons. The molecule has 0 spiro atoms. The number of hydrogen-bond acceptors (Lipinski definition) is 1. The van der Waals surface area contributed by atoms with E-state index >= 15 is 0 Å². The Morgan fingerprint density at radius 1 is 0.783 bits per heavy atom. The Labute approximate surface area is 146 Å². The van der Waals surface area contributed by atoms with Crippen LogP contribution in [0.3, 0.4) is 0 Å². The molecule has 23 heavy (non-hydrogen) atoms. The van der Waals surface area contributed by atoms with E-state index in [4.69, 9.17) is 0 Å². The molecular formula is C22H44O. The van der Waals surface area contributed by atoms with Gasteiger partial charge in [0.1, 0.15) is 0 Å². The Kier molecular flexibility index (Phi) is 11.3. The second kappa shape index (κ2) is 12.3. The van der Waals surface area contributed by atoms with Crippen molar-refractivity contribution in [2.45, 2.75) is 117 Å². The average molecular weight is 325 g/mol. The van der Waals surface area contributed by atoms with Crippen LogP contribution in [0.15, 0.2) is 0 Å². The van der Waals surface area contributed by atoms with E-state index in [1.807, 2.05) is 0 Å². The third-order valence-electron chi connectivity index (χ3n) is 6.47. The van der Waals surface area contributed by atoms with Crippen molar-refractivity contribution >= 4 is 0 Å². The van der Waals surface area contributed by atoms with Crippen LogP contribution < -0.4 is 0 Å². The third-order valence-corrected chi connectivity index (χ3v) is 6.47. The van der Waals surface area contributed by atoms with Crippen molar-refractivity contribution in [2.75, 3.05) is 0 Å². The molecule has 0 bridgehead atoms. The molecule has 0 aromatic rings. The highest BCUT2D eigenvalue weighted by molar-refractivity contribution is 4.84. The van der Waals surface area contributed by atoms with E-state index in [0.29, 0.717) is 11.8 Å². The van der Waals surface area contributed by atoms with Crippen molar-refractivity contribution in [2.24, 2.45) is 23.7 Å². The number of aliphatic hydroxyl groups excluding tert-OH is 1. The first-order valence-corrected chi connectivity index (χ1v) is 10.8. The van der Waals surface area contributed by atoms with Crippen LogP contribution in [-0.4, -0.2) is 11.2 Å². The highest BCUT2D eigenvalue weighted by Gasteiger charge is 2.33. The summed E-state index contributed by atoms with van der Waals surface area (Å²) in [6.45, 7) is 9.26. The van der Waals surface area contributed by atoms with E-state index in [1.54, 1.807) is 0 Å². The van der Waals surface area contributed by atoms with Crippen molar-refractivity contribution in [3.05, 3.63) is 0 Å². The summed E-state index contributed by atoms with van der Waals surface area (Å²) in [5.41, 5.74) is 0. The van der Waals surface area contributed by atoms with Crippen molar-refractivity contribution in [3.63, 3.8) is 0 Å². The summed E-state index contributed by atoms with van der Waals surface area (Å²) in [6.07, 6.45) is 17.1. The molecule has 1 aliphatic rings. The van der Waals surface area contributed by atoms with Crippen LogP contribution in [0.4, 0.5) is 0 Å². The zero-order valence-electron chi connectivity index (χ0n) is 16.5. The molecule has 1 rings (SSSR count). The van der Waals surface area contributed by atoms with Gasteiger partial charge < -0.3 is 5.11 Å². The maximum absolute atomic E-state index is 11.0. The fraction of sp³-hybridized carbons (Fsp3) is 1.00. The van der Waals surface area contributed by atoms with Gasteiger partial charge in [0.05, 0.1) is 6.10 Å². The fourth-order valence-electron chi connectivity index (χ4n) is 4.70. The molecule has 1 saturated carbocycles. The van der Waals surface area contributed by atoms with Gasteiger partial charge in [-0.15, -0.1) is 0 Å². The molecule has 0 unspecified atom stereocenters. The maximum Gasteiger partial charge on any atom is 0.0596 e. The largest absolute Gasteiger partial charge is 0.393 e. The van der Waals surface area contributed by atoms with E-state index < -0.39 is 0 Å². The lowest BCUT2D eigenvalue weighted by Gasteiger charge is -2.38. The summed E-state index contributed by atoms with van der Waals surface area (Å²) in [6, 6.07) is 0. The van der Waals surface area contributed by atoms with Gasteiger partial charge in [0.2, 0.25) is 0 Å². The average Bonchev–Trinajstić information content (AvgIpc) is 2.57. The summed E-state index contributed by atoms with van der Waals surface area (Å²) in [4.78, 5) is 0. The Morgan fingerprint density at radius 2 is 1.22 bits per heavy atom. The highest BCUT2D eigenvalue weighted by atomic mass is 16.3. The van der Waals surface area contributed by atoms with Gasteiger partial charge in [0, 0.05) is 0 Å². The van der Waals surface area contributed by atoms with E-state index in [0.717, 1.165) is 11.8 Å². The maximum atomic E-state index is 11.0. The van der Waals surface area contributed by atoms with Crippen molar-refractivity contribution in [1.82, 2.24) is 0 Å². The minimum atomic E-state index is -0.0184. The summed E-state index contributed by atoms with van der Waals surface area (Å²) in [5, 5.41) is 11.0. The van der Waals surface area contributed by atoms with Crippen LogP contribution in [0.5, 0.6) is 0 Å². The standard InChI is InChI=1S/C22H44O/c1-5-9-12-18(7-3)16-20-14-11-15-21(22(20)23)17-19(8-4)13-10-6-2/h18-23H,5-17H2,1-4H3/t18-,19-,20+,21+/m1/s1. The zero-order valence-corrected chi connectivity index (χ0v) is 16.5. The Morgan fingerprint density at radius 3 is 1.57 bits per heavy atom. The number of unbranched alkanes of at least 4 members (excludes halogenated alkanes) is 2. The summed E-state index contributed by atoms with van der Waals surface area (Å²) in [7, 11) is 0. The molecule has 0 aromatic carbocycles. The van der Waals surface area contributed by atoms with E-state index in [9.17, 15) is 5.11 Å². The molecule has 0 aromatic heterocycles. The van der Waals surface area contributed by atoms with Gasteiger partial charge in [-0.25, -0.2) is 0 Å². The van der Waals surface area contributed by atoms with Gasteiger partial charge in [0.25, 0.3) is 0 Å². The lowest BCUT2D eigenvalue weighted by molar-refractivity contribution is -0.00432. The van der Waals surface area contributed by atoms with Crippen LogP contribution in [0.2, 0.25) is 0 Å². The predicted octanol–water partition coefficient (Wildman–Crippen LogP) is 6.98. The molecule has 1 heteroatoms. The smallest absolute Gasteiger partial charge is 0.0596 e. The van der Waals surface area contributed by atoms with Crippen LogP contribution in [0.1, 0.15) is 111 Å². The Bertz CT molecular complexity index is 249. The fourth-order valence-corrected chi connectivity index (χ4v) is 4.70. The second-order valence-electron chi connectivity index (χ2n) is 8.25. The molecule has 1 aliphatic carbocycles. The Hall–Kier alpha value is -0.0400. The van der Waals surface area contributed by atoms with E-state index in [-0.39, 0.29) is 6.10 Å². The summed E-state index contributed by atoms with van der Waals surface area (Å²) < 4.78 is 0. The van der Waals surface area contributed by atoms with Gasteiger partial charge in [-0.2, -0.15) is 0 Å². The second-order valence-corrected chi connectivity index (χ2v) is 8.25. The van der Waals surface area contributed by atoms with Crippen molar-refractivity contribution in [1.29, 1.82) is 0 Å². The molecule has 1 nitrogen and oxygen atoms in total. The predicted molar refractivity (Wildman–Crippen MR) is 103 cm³/mol. The minimum absolute atomic E-state index is 0.0184. The van der Waals surface area contributed by atoms with Crippen LogP contribution in [-0.2, 0) is 0 Å². The first-order valence-electron chi connectivity index (χ1n) is 10.8. The van der Waals surface area contributed by atoms with Gasteiger partial charge in [-0.3, -0.25) is 0 Å². The number of aliphatic hydroxyl groups is 1. The highest BCUT2D eigenvalue weighted by Crippen LogP contribution is 2.39. The van der Waals surface area contributed by atoms with Crippen LogP contribution in [0, 0.1) is 23.7 Å². The third kappa shape index (κ3) is 7.59. The van der Waals surface area contributed by atoms with Crippen molar-refractivity contribution < 1.29 is 5.11 Å². The number of hydrogen-bond donors (Lipinski definition) is 1. The number of rotatable bonds is 12. The monoisotopic (exact) mass is 324 g/mol. The molecule has 1 fully saturated rings. The molecule has 0 aliphatic heterocycles.